The highest BCUT2D eigenvalue weighted by molar-refractivity contribution is 5.78. The summed E-state index contributed by atoms with van der Waals surface area (Å²) >= 11 is 0. The zero-order chi connectivity index (χ0) is 11.5. The minimum atomic E-state index is -0.200. The van der Waals surface area contributed by atoms with Gasteiger partial charge in [0.25, 0.3) is 0 Å². The van der Waals surface area contributed by atoms with Crippen LogP contribution in [0.2, 0.25) is 0 Å². The Balaban J connectivity index is 2.79. The number of carbonyl (C=O) groups excluding carboxylic acids is 1. The normalized spacial score (nSPS) is 11.2. The maximum atomic E-state index is 11.0. The fourth-order valence-electron chi connectivity index (χ4n) is 1.36. The van der Waals surface area contributed by atoms with E-state index in [1.807, 2.05) is 45.0 Å². The highest BCUT2D eigenvalue weighted by Crippen LogP contribution is 2.19. The third-order valence-corrected chi connectivity index (χ3v) is 1.78. The quantitative estimate of drug-likeness (QED) is 0.760. The van der Waals surface area contributed by atoms with E-state index in [4.69, 9.17) is 4.74 Å². The molecule has 0 heterocycles. The summed E-state index contributed by atoms with van der Waals surface area (Å²) in [4.78, 5) is 11.0. The Morgan fingerprint density at radius 1 is 1.33 bits per heavy atom. The van der Waals surface area contributed by atoms with Crippen LogP contribution in [-0.2, 0) is 11.2 Å². The zero-order valence-electron chi connectivity index (χ0n) is 9.83. The second-order valence-corrected chi connectivity index (χ2v) is 4.74. The van der Waals surface area contributed by atoms with Crippen molar-refractivity contribution < 1.29 is 9.53 Å². The lowest BCUT2D eigenvalue weighted by Gasteiger charge is -2.21. The fourth-order valence-corrected chi connectivity index (χ4v) is 1.36. The van der Waals surface area contributed by atoms with Crippen LogP contribution in [-0.4, -0.2) is 11.4 Å². The van der Waals surface area contributed by atoms with Crippen LogP contribution in [0.5, 0.6) is 5.75 Å². The first-order valence-electron chi connectivity index (χ1n) is 5.14. The van der Waals surface area contributed by atoms with Gasteiger partial charge in [-0.25, -0.2) is 0 Å². The summed E-state index contributed by atoms with van der Waals surface area (Å²) < 4.78 is 5.71. The van der Waals surface area contributed by atoms with E-state index in [0.717, 1.165) is 11.3 Å². The molecule has 0 aliphatic carbocycles. The maximum Gasteiger partial charge on any atom is 0.134 e. The second kappa shape index (κ2) is 4.47. The van der Waals surface area contributed by atoms with Crippen molar-refractivity contribution in [2.45, 2.75) is 39.7 Å². The van der Waals surface area contributed by atoms with Crippen LogP contribution >= 0.6 is 0 Å². The highest BCUT2D eigenvalue weighted by Gasteiger charge is 2.11. The van der Waals surface area contributed by atoms with Crippen molar-refractivity contribution in [3.8, 4) is 5.75 Å². The minimum Gasteiger partial charge on any atom is -0.488 e. The largest absolute Gasteiger partial charge is 0.488 e. The van der Waals surface area contributed by atoms with Gasteiger partial charge in [0.15, 0.2) is 0 Å². The van der Waals surface area contributed by atoms with Crippen molar-refractivity contribution >= 4 is 5.78 Å². The highest BCUT2D eigenvalue weighted by atomic mass is 16.5. The topological polar surface area (TPSA) is 26.3 Å². The Bertz CT molecular complexity index is 348. The summed E-state index contributed by atoms with van der Waals surface area (Å²) in [6.45, 7) is 7.61. The standard InChI is InChI=1S/C13H18O2/c1-10(14)8-11-6-5-7-12(9-11)15-13(2,3)4/h5-7,9H,8H2,1-4H3. The molecule has 1 aromatic rings. The zero-order valence-corrected chi connectivity index (χ0v) is 9.83. The monoisotopic (exact) mass is 206 g/mol. The first-order chi connectivity index (χ1) is 6.87. The number of ketones is 1. The van der Waals surface area contributed by atoms with E-state index >= 15 is 0 Å². The summed E-state index contributed by atoms with van der Waals surface area (Å²) in [5.41, 5.74) is 0.804. The van der Waals surface area contributed by atoms with Crippen LogP contribution in [0.3, 0.4) is 0 Å². The molecule has 0 saturated heterocycles. The van der Waals surface area contributed by atoms with E-state index < -0.39 is 0 Å². The second-order valence-electron chi connectivity index (χ2n) is 4.74. The number of rotatable bonds is 3. The molecule has 0 unspecified atom stereocenters. The fraction of sp³-hybridized carbons (Fsp3) is 0.462. The van der Waals surface area contributed by atoms with E-state index in [9.17, 15) is 4.79 Å². The van der Waals surface area contributed by atoms with Crippen molar-refractivity contribution in [3.05, 3.63) is 29.8 Å². The van der Waals surface area contributed by atoms with Gasteiger partial charge in [-0.3, -0.25) is 4.79 Å². The van der Waals surface area contributed by atoms with Crippen molar-refractivity contribution in [2.75, 3.05) is 0 Å². The van der Waals surface area contributed by atoms with Gasteiger partial charge in [-0.2, -0.15) is 0 Å². The molecule has 1 aromatic carbocycles. The van der Waals surface area contributed by atoms with Gasteiger partial charge in [-0.15, -0.1) is 0 Å². The number of Topliss-reactive ketones (excluding diaryl/α,β-unsaturated/α-hetero) is 1. The number of hydrogen-bond acceptors (Lipinski definition) is 2. The number of carbonyl (C=O) groups is 1. The summed E-state index contributed by atoms with van der Waals surface area (Å²) in [7, 11) is 0. The summed E-state index contributed by atoms with van der Waals surface area (Å²) in [6.07, 6.45) is 0.474. The van der Waals surface area contributed by atoms with Crippen molar-refractivity contribution in [2.24, 2.45) is 0 Å². The lowest BCUT2D eigenvalue weighted by Crippen LogP contribution is -2.22. The van der Waals surface area contributed by atoms with Gasteiger partial charge >= 0.3 is 0 Å². The molecule has 0 spiro atoms. The Labute approximate surface area is 91.3 Å². The molecule has 0 N–H and O–H groups in total. The molecular weight excluding hydrogens is 188 g/mol. The molecule has 0 aliphatic heterocycles. The Morgan fingerprint density at radius 3 is 2.53 bits per heavy atom. The van der Waals surface area contributed by atoms with Crippen molar-refractivity contribution in [1.29, 1.82) is 0 Å². The third kappa shape index (κ3) is 4.63. The molecule has 0 amide bonds. The molecule has 82 valence electrons. The molecule has 2 heteroatoms. The molecule has 0 bridgehead atoms. The molecule has 0 aliphatic rings. The van der Waals surface area contributed by atoms with Crippen LogP contribution in [0.1, 0.15) is 33.3 Å². The number of hydrogen-bond donors (Lipinski definition) is 0. The van der Waals surface area contributed by atoms with Crippen LogP contribution in [0.15, 0.2) is 24.3 Å². The van der Waals surface area contributed by atoms with E-state index in [1.54, 1.807) is 6.92 Å². The predicted octanol–water partition coefficient (Wildman–Crippen LogP) is 3.00. The Hall–Kier alpha value is -1.31. The average molecular weight is 206 g/mol. The van der Waals surface area contributed by atoms with Crippen LogP contribution in [0.25, 0.3) is 0 Å². The Kier molecular flexibility index (Phi) is 3.51. The molecule has 0 fully saturated rings. The molecule has 15 heavy (non-hydrogen) atoms. The Morgan fingerprint density at radius 2 is 2.00 bits per heavy atom. The van der Waals surface area contributed by atoms with Gasteiger partial charge in [-0.05, 0) is 45.4 Å². The molecular formula is C13H18O2. The van der Waals surface area contributed by atoms with E-state index in [0.29, 0.717) is 6.42 Å². The van der Waals surface area contributed by atoms with Crippen LogP contribution in [0.4, 0.5) is 0 Å². The lowest BCUT2D eigenvalue weighted by atomic mass is 10.1. The van der Waals surface area contributed by atoms with E-state index in [1.165, 1.54) is 0 Å². The first kappa shape index (κ1) is 11.8. The number of benzene rings is 1. The maximum absolute atomic E-state index is 11.0. The molecule has 1 rings (SSSR count). The molecule has 0 atom stereocenters. The molecule has 0 saturated carbocycles. The van der Waals surface area contributed by atoms with Gasteiger partial charge in [0, 0.05) is 6.42 Å². The molecule has 2 nitrogen and oxygen atoms in total. The summed E-state index contributed by atoms with van der Waals surface area (Å²) in [6, 6.07) is 7.69. The van der Waals surface area contributed by atoms with E-state index in [-0.39, 0.29) is 11.4 Å². The van der Waals surface area contributed by atoms with Gasteiger partial charge in [0.05, 0.1) is 0 Å². The summed E-state index contributed by atoms with van der Waals surface area (Å²) in [5.74, 6) is 0.990. The SMILES string of the molecule is CC(=O)Cc1cccc(OC(C)(C)C)c1. The van der Waals surface area contributed by atoms with E-state index in [2.05, 4.69) is 0 Å². The van der Waals surface area contributed by atoms with Gasteiger partial charge in [0.1, 0.15) is 17.1 Å². The van der Waals surface area contributed by atoms with Gasteiger partial charge in [-0.1, -0.05) is 12.1 Å². The molecule has 0 radical (unpaired) electrons. The molecule has 0 aromatic heterocycles. The van der Waals surface area contributed by atoms with Gasteiger partial charge in [0.2, 0.25) is 0 Å². The van der Waals surface area contributed by atoms with Crippen molar-refractivity contribution in [3.63, 3.8) is 0 Å². The lowest BCUT2D eigenvalue weighted by molar-refractivity contribution is -0.116. The summed E-state index contributed by atoms with van der Waals surface area (Å²) in [5, 5.41) is 0. The van der Waals surface area contributed by atoms with Crippen LogP contribution < -0.4 is 4.74 Å². The first-order valence-corrected chi connectivity index (χ1v) is 5.14. The van der Waals surface area contributed by atoms with Gasteiger partial charge < -0.3 is 4.74 Å². The van der Waals surface area contributed by atoms with Crippen molar-refractivity contribution in [1.82, 2.24) is 0 Å². The van der Waals surface area contributed by atoms with Crippen LogP contribution in [0, 0.1) is 0 Å². The third-order valence-electron chi connectivity index (χ3n) is 1.78. The minimum absolute atomic E-state index is 0.169. The predicted molar refractivity (Wildman–Crippen MR) is 61.2 cm³/mol. The number of ether oxygens (including phenoxy) is 1. The average Bonchev–Trinajstić information content (AvgIpc) is 1.99. The smallest absolute Gasteiger partial charge is 0.134 e.